The van der Waals surface area contributed by atoms with Crippen molar-refractivity contribution >= 4 is 28.9 Å². The summed E-state index contributed by atoms with van der Waals surface area (Å²) in [7, 11) is 1.41. The molecule has 8 heteroatoms. The summed E-state index contributed by atoms with van der Waals surface area (Å²) in [5.41, 5.74) is 0.870. The van der Waals surface area contributed by atoms with E-state index in [1.807, 2.05) is 6.92 Å². The standard InChI is InChI=1S/C17H17ClN2O5/c1-10-8-13(5-6-14(10)18)25-11(2)17(21)19-15-9-12(20(22)23)4-7-16(15)24-3/h4-9,11H,1-3H3,(H,19,21). The number of amides is 1. The maximum absolute atomic E-state index is 12.3. The zero-order chi connectivity index (χ0) is 18.6. The van der Waals surface area contributed by atoms with Crippen LogP contribution in [-0.2, 0) is 4.79 Å². The molecule has 2 rings (SSSR count). The van der Waals surface area contributed by atoms with Crippen molar-refractivity contribution in [3.63, 3.8) is 0 Å². The Balaban J connectivity index is 2.13. The number of non-ortho nitro benzene ring substituents is 1. The third kappa shape index (κ3) is 4.60. The molecule has 25 heavy (non-hydrogen) atoms. The van der Waals surface area contributed by atoms with Gasteiger partial charge in [-0.2, -0.15) is 0 Å². The molecule has 0 bridgehead atoms. The van der Waals surface area contributed by atoms with Gasteiger partial charge in [-0.05, 0) is 43.7 Å². The summed E-state index contributed by atoms with van der Waals surface area (Å²) in [5.74, 6) is 0.343. The SMILES string of the molecule is COc1ccc([N+](=O)[O-])cc1NC(=O)C(C)Oc1ccc(Cl)c(C)c1. The Labute approximate surface area is 149 Å². The van der Waals surface area contributed by atoms with E-state index in [0.717, 1.165) is 5.56 Å². The molecular formula is C17H17ClN2O5. The van der Waals surface area contributed by atoms with E-state index in [2.05, 4.69) is 5.32 Å². The molecule has 0 fully saturated rings. The molecule has 2 aromatic carbocycles. The number of halogens is 1. The number of nitrogens with one attached hydrogen (secondary N) is 1. The molecule has 2 aromatic rings. The lowest BCUT2D eigenvalue weighted by Gasteiger charge is -2.16. The van der Waals surface area contributed by atoms with Crippen LogP contribution in [-0.4, -0.2) is 24.0 Å². The Morgan fingerprint density at radius 3 is 2.60 bits per heavy atom. The molecule has 1 N–H and O–H groups in total. The van der Waals surface area contributed by atoms with Gasteiger partial charge in [-0.15, -0.1) is 0 Å². The van der Waals surface area contributed by atoms with E-state index < -0.39 is 16.9 Å². The first kappa shape index (κ1) is 18.5. The van der Waals surface area contributed by atoms with Crippen molar-refractivity contribution in [3.8, 4) is 11.5 Å². The van der Waals surface area contributed by atoms with Crippen molar-refractivity contribution in [2.45, 2.75) is 20.0 Å². The Bertz CT molecular complexity index is 810. The van der Waals surface area contributed by atoms with Gasteiger partial charge >= 0.3 is 0 Å². The van der Waals surface area contributed by atoms with Gasteiger partial charge in [0.15, 0.2) is 6.10 Å². The third-order valence-corrected chi connectivity index (χ3v) is 3.89. The Hall–Kier alpha value is -2.80. The van der Waals surface area contributed by atoms with Gasteiger partial charge in [0.2, 0.25) is 0 Å². The lowest BCUT2D eigenvalue weighted by Crippen LogP contribution is -2.30. The lowest BCUT2D eigenvalue weighted by molar-refractivity contribution is -0.384. The minimum atomic E-state index is -0.829. The molecule has 0 aliphatic rings. The quantitative estimate of drug-likeness (QED) is 0.618. The molecule has 7 nitrogen and oxygen atoms in total. The average Bonchev–Trinajstić information content (AvgIpc) is 2.57. The second-order valence-corrected chi connectivity index (χ2v) is 5.71. The highest BCUT2D eigenvalue weighted by molar-refractivity contribution is 6.31. The maximum Gasteiger partial charge on any atom is 0.271 e. The minimum absolute atomic E-state index is 0.155. The highest BCUT2D eigenvalue weighted by Crippen LogP contribution is 2.29. The van der Waals surface area contributed by atoms with Gasteiger partial charge in [0, 0.05) is 17.2 Å². The summed E-state index contributed by atoms with van der Waals surface area (Å²) < 4.78 is 10.7. The van der Waals surface area contributed by atoms with Crippen molar-refractivity contribution in [2.75, 3.05) is 12.4 Å². The third-order valence-electron chi connectivity index (χ3n) is 3.46. The van der Waals surface area contributed by atoms with Crippen LogP contribution in [0.4, 0.5) is 11.4 Å². The predicted molar refractivity (Wildman–Crippen MR) is 94.6 cm³/mol. The summed E-state index contributed by atoms with van der Waals surface area (Å²) in [6, 6.07) is 9.01. The van der Waals surface area contributed by atoms with Crippen LogP contribution in [0.25, 0.3) is 0 Å². The number of nitro benzene ring substituents is 1. The Kier molecular flexibility index (Phi) is 5.82. The fraction of sp³-hybridized carbons (Fsp3) is 0.235. The number of nitro groups is 1. The van der Waals surface area contributed by atoms with Crippen LogP contribution in [0.2, 0.25) is 5.02 Å². The monoisotopic (exact) mass is 364 g/mol. The molecule has 0 heterocycles. The summed E-state index contributed by atoms with van der Waals surface area (Å²) in [5, 5.41) is 14.1. The minimum Gasteiger partial charge on any atom is -0.495 e. The van der Waals surface area contributed by atoms with Crippen molar-refractivity contribution in [1.29, 1.82) is 0 Å². The van der Waals surface area contributed by atoms with Crippen LogP contribution >= 0.6 is 11.6 Å². The normalized spacial score (nSPS) is 11.5. The number of carbonyl (C=O) groups is 1. The number of benzene rings is 2. The van der Waals surface area contributed by atoms with Crippen LogP contribution in [0.15, 0.2) is 36.4 Å². The highest BCUT2D eigenvalue weighted by Gasteiger charge is 2.19. The number of rotatable bonds is 6. The number of anilines is 1. The lowest BCUT2D eigenvalue weighted by atomic mass is 10.2. The van der Waals surface area contributed by atoms with Gasteiger partial charge in [-0.25, -0.2) is 0 Å². The van der Waals surface area contributed by atoms with Gasteiger partial charge in [0.1, 0.15) is 11.5 Å². The number of nitrogens with zero attached hydrogens (tertiary/aromatic N) is 1. The van der Waals surface area contributed by atoms with Gasteiger partial charge in [-0.1, -0.05) is 11.6 Å². The number of carbonyl (C=O) groups excluding carboxylic acids is 1. The van der Waals surface area contributed by atoms with E-state index in [-0.39, 0.29) is 11.4 Å². The fourth-order valence-electron chi connectivity index (χ4n) is 2.09. The van der Waals surface area contributed by atoms with Gasteiger partial charge < -0.3 is 14.8 Å². The van der Waals surface area contributed by atoms with Crippen LogP contribution in [0, 0.1) is 17.0 Å². The molecule has 0 radical (unpaired) electrons. The summed E-state index contributed by atoms with van der Waals surface area (Å²) in [6.45, 7) is 3.40. The molecule has 0 saturated heterocycles. The molecule has 0 aliphatic carbocycles. The fourth-order valence-corrected chi connectivity index (χ4v) is 2.21. The molecule has 132 valence electrons. The molecule has 0 spiro atoms. The molecule has 1 amide bonds. The Morgan fingerprint density at radius 1 is 1.28 bits per heavy atom. The first-order chi connectivity index (χ1) is 11.8. The van der Waals surface area contributed by atoms with Crippen LogP contribution in [0.5, 0.6) is 11.5 Å². The summed E-state index contributed by atoms with van der Waals surface area (Å²) >= 11 is 5.96. The van der Waals surface area contributed by atoms with E-state index in [1.165, 1.54) is 25.3 Å². The number of methoxy groups -OCH3 is 1. The number of ether oxygens (including phenoxy) is 2. The highest BCUT2D eigenvalue weighted by atomic mass is 35.5. The van der Waals surface area contributed by atoms with E-state index in [4.69, 9.17) is 21.1 Å². The molecule has 0 aliphatic heterocycles. The van der Waals surface area contributed by atoms with Crippen molar-refractivity contribution < 1.29 is 19.2 Å². The van der Waals surface area contributed by atoms with E-state index >= 15 is 0 Å². The van der Waals surface area contributed by atoms with Gasteiger partial charge in [0.25, 0.3) is 11.6 Å². The molecule has 0 aromatic heterocycles. The summed E-state index contributed by atoms with van der Waals surface area (Å²) in [4.78, 5) is 22.7. The van der Waals surface area contributed by atoms with Crippen LogP contribution in [0.1, 0.15) is 12.5 Å². The average molecular weight is 365 g/mol. The summed E-state index contributed by atoms with van der Waals surface area (Å²) in [6.07, 6.45) is -0.829. The maximum atomic E-state index is 12.3. The zero-order valence-corrected chi connectivity index (χ0v) is 14.7. The molecule has 0 saturated carbocycles. The van der Waals surface area contributed by atoms with Crippen LogP contribution < -0.4 is 14.8 Å². The second-order valence-electron chi connectivity index (χ2n) is 5.30. The van der Waals surface area contributed by atoms with Crippen molar-refractivity contribution in [1.82, 2.24) is 0 Å². The first-order valence-corrected chi connectivity index (χ1v) is 7.75. The number of hydrogen-bond acceptors (Lipinski definition) is 5. The molecule has 1 unspecified atom stereocenters. The van der Waals surface area contributed by atoms with Crippen molar-refractivity contribution in [3.05, 3.63) is 57.1 Å². The smallest absolute Gasteiger partial charge is 0.271 e. The van der Waals surface area contributed by atoms with Gasteiger partial charge in [-0.3, -0.25) is 14.9 Å². The molecular weight excluding hydrogens is 348 g/mol. The number of aryl methyl sites for hydroxylation is 1. The number of hydrogen-bond donors (Lipinski definition) is 1. The molecule has 1 atom stereocenters. The predicted octanol–water partition coefficient (Wildman–Crippen LogP) is 3.97. The van der Waals surface area contributed by atoms with E-state index in [9.17, 15) is 14.9 Å². The second kappa shape index (κ2) is 7.85. The first-order valence-electron chi connectivity index (χ1n) is 7.38. The Morgan fingerprint density at radius 2 is 2.00 bits per heavy atom. The van der Waals surface area contributed by atoms with Crippen LogP contribution in [0.3, 0.4) is 0 Å². The zero-order valence-electron chi connectivity index (χ0n) is 13.9. The largest absolute Gasteiger partial charge is 0.495 e. The van der Waals surface area contributed by atoms with E-state index in [1.54, 1.807) is 25.1 Å². The van der Waals surface area contributed by atoms with Crippen molar-refractivity contribution in [2.24, 2.45) is 0 Å². The van der Waals surface area contributed by atoms with Gasteiger partial charge in [0.05, 0.1) is 17.7 Å². The topological polar surface area (TPSA) is 90.7 Å². The van der Waals surface area contributed by atoms with E-state index in [0.29, 0.717) is 16.5 Å².